The quantitative estimate of drug-likeness (QED) is 0.814. The molecule has 0 aliphatic carbocycles. The average Bonchev–Trinajstić information content (AvgIpc) is 2.46. The van der Waals surface area contributed by atoms with E-state index in [-0.39, 0.29) is 0 Å². The van der Waals surface area contributed by atoms with Crippen LogP contribution in [0.4, 0.5) is 0 Å². The molecule has 2 rings (SSSR count). The summed E-state index contributed by atoms with van der Waals surface area (Å²) < 4.78 is 0. The maximum Gasteiger partial charge on any atom is 0.0412 e. The van der Waals surface area contributed by atoms with Gasteiger partial charge in [-0.25, -0.2) is 0 Å². The minimum atomic E-state index is 0.791. The molecule has 2 heteroatoms. The van der Waals surface area contributed by atoms with Crippen LogP contribution in [0.1, 0.15) is 33.4 Å². The van der Waals surface area contributed by atoms with Crippen molar-refractivity contribution in [1.82, 2.24) is 5.32 Å². The number of rotatable bonds is 3. The lowest BCUT2D eigenvalue weighted by atomic mass is 9.85. The molecule has 0 aliphatic rings. The summed E-state index contributed by atoms with van der Waals surface area (Å²) in [6.45, 7) is 11.9. The third-order valence-corrected chi connectivity index (χ3v) is 4.94. The highest BCUT2D eigenvalue weighted by molar-refractivity contribution is 6.30. The molecule has 0 aliphatic heterocycles. The third-order valence-electron chi connectivity index (χ3n) is 4.71. The normalized spacial score (nSPS) is 11.0. The second-order valence-electron chi connectivity index (χ2n) is 5.83. The summed E-state index contributed by atoms with van der Waals surface area (Å²) in [5.41, 5.74) is 10.7. The fourth-order valence-electron chi connectivity index (χ4n) is 3.03. The lowest BCUT2D eigenvalue weighted by molar-refractivity contribution is 0.819. The first kappa shape index (κ1) is 16.1. The molecule has 21 heavy (non-hydrogen) atoms. The lowest BCUT2D eigenvalue weighted by Crippen LogP contribution is -2.08. The van der Waals surface area contributed by atoms with Gasteiger partial charge < -0.3 is 5.32 Å². The molecule has 0 fully saturated rings. The Labute approximate surface area is 133 Å². The van der Waals surface area contributed by atoms with E-state index in [2.05, 4.69) is 52.1 Å². The van der Waals surface area contributed by atoms with Crippen molar-refractivity contribution in [3.05, 3.63) is 56.6 Å². The monoisotopic (exact) mass is 301 g/mol. The van der Waals surface area contributed by atoms with E-state index in [9.17, 15) is 0 Å². The van der Waals surface area contributed by atoms with E-state index in [0.29, 0.717) is 0 Å². The first-order valence-electron chi connectivity index (χ1n) is 7.38. The summed E-state index contributed by atoms with van der Waals surface area (Å²) >= 11 is 6.26. The summed E-state index contributed by atoms with van der Waals surface area (Å²) in [5, 5.41) is 4.04. The van der Waals surface area contributed by atoms with Gasteiger partial charge in [0.15, 0.2) is 0 Å². The van der Waals surface area contributed by atoms with E-state index in [1.165, 1.54) is 44.5 Å². The molecule has 1 nitrogen and oxygen atoms in total. The lowest BCUT2D eigenvalue weighted by Gasteiger charge is -2.21. The number of benzene rings is 2. The van der Waals surface area contributed by atoms with Crippen molar-refractivity contribution >= 4 is 11.6 Å². The fraction of sp³-hybridized carbons (Fsp3) is 0.368. The largest absolute Gasteiger partial charge is 0.316 e. The average molecular weight is 302 g/mol. The Balaban J connectivity index is 2.81. The van der Waals surface area contributed by atoms with Crippen LogP contribution in [0.3, 0.4) is 0 Å². The van der Waals surface area contributed by atoms with Gasteiger partial charge in [0.25, 0.3) is 0 Å². The van der Waals surface area contributed by atoms with Crippen molar-refractivity contribution in [3.8, 4) is 11.1 Å². The van der Waals surface area contributed by atoms with Gasteiger partial charge in [-0.15, -0.1) is 0 Å². The summed E-state index contributed by atoms with van der Waals surface area (Å²) in [7, 11) is 1.98. The Bertz CT molecular complexity index is 657. The van der Waals surface area contributed by atoms with Gasteiger partial charge in [0, 0.05) is 11.6 Å². The topological polar surface area (TPSA) is 12.0 Å². The Hall–Kier alpha value is -1.31. The predicted octanol–water partition coefficient (Wildman–Crippen LogP) is 5.27. The van der Waals surface area contributed by atoms with Gasteiger partial charge in [0.1, 0.15) is 0 Å². The molecule has 0 radical (unpaired) electrons. The summed E-state index contributed by atoms with van der Waals surface area (Å²) in [4.78, 5) is 0. The summed E-state index contributed by atoms with van der Waals surface area (Å²) in [5.74, 6) is 0. The molecule has 0 spiro atoms. The van der Waals surface area contributed by atoms with Gasteiger partial charge in [0.05, 0.1) is 0 Å². The molecule has 2 aromatic carbocycles. The molecule has 2 aromatic rings. The zero-order valence-electron chi connectivity index (χ0n) is 13.8. The van der Waals surface area contributed by atoms with Crippen LogP contribution in [-0.4, -0.2) is 7.05 Å². The Morgan fingerprint density at radius 1 is 0.857 bits per heavy atom. The van der Waals surface area contributed by atoms with E-state index in [0.717, 1.165) is 11.6 Å². The fourth-order valence-corrected chi connectivity index (χ4v) is 3.20. The smallest absolute Gasteiger partial charge is 0.0412 e. The standard InChI is InChI=1S/C19H24ClN/c1-11-12(2)14(4)19(15(5)13(11)3)18-9-17(20)8-7-16(18)10-21-6/h7-9,21H,10H2,1-6H3. The maximum atomic E-state index is 6.26. The zero-order valence-corrected chi connectivity index (χ0v) is 14.6. The molecule has 0 heterocycles. The van der Waals surface area contributed by atoms with Crippen molar-refractivity contribution < 1.29 is 0 Å². The third kappa shape index (κ3) is 2.86. The van der Waals surface area contributed by atoms with Crippen LogP contribution in [0.2, 0.25) is 5.02 Å². The minimum Gasteiger partial charge on any atom is -0.316 e. The van der Waals surface area contributed by atoms with Crippen LogP contribution >= 0.6 is 11.6 Å². The van der Waals surface area contributed by atoms with E-state index in [1.807, 2.05) is 13.1 Å². The molecule has 112 valence electrons. The van der Waals surface area contributed by atoms with Gasteiger partial charge in [-0.3, -0.25) is 0 Å². The highest BCUT2D eigenvalue weighted by Crippen LogP contribution is 2.36. The van der Waals surface area contributed by atoms with Crippen molar-refractivity contribution in [3.63, 3.8) is 0 Å². The second kappa shape index (κ2) is 6.21. The highest BCUT2D eigenvalue weighted by Gasteiger charge is 2.16. The van der Waals surface area contributed by atoms with Crippen LogP contribution in [0, 0.1) is 34.6 Å². The van der Waals surface area contributed by atoms with Gasteiger partial charge in [0.2, 0.25) is 0 Å². The minimum absolute atomic E-state index is 0.791. The highest BCUT2D eigenvalue weighted by atomic mass is 35.5. The van der Waals surface area contributed by atoms with Crippen LogP contribution in [-0.2, 0) is 6.54 Å². The number of hydrogen-bond donors (Lipinski definition) is 1. The number of halogens is 1. The molecule has 0 bridgehead atoms. The first-order chi connectivity index (χ1) is 9.88. The van der Waals surface area contributed by atoms with Crippen LogP contribution in [0.25, 0.3) is 11.1 Å². The van der Waals surface area contributed by atoms with E-state index in [4.69, 9.17) is 11.6 Å². The van der Waals surface area contributed by atoms with Crippen molar-refractivity contribution in [2.24, 2.45) is 0 Å². The summed E-state index contributed by atoms with van der Waals surface area (Å²) in [6.07, 6.45) is 0. The second-order valence-corrected chi connectivity index (χ2v) is 6.27. The molecule has 0 atom stereocenters. The van der Waals surface area contributed by atoms with Gasteiger partial charge >= 0.3 is 0 Å². The Morgan fingerprint density at radius 3 is 1.90 bits per heavy atom. The predicted molar refractivity (Wildman–Crippen MR) is 93.3 cm³/mol. The van der Waals surface area contributed by atoms with Crippen LogP contribution in [0.15, 0.2) is 18.2 Å². The maximum absolute atomic E-state index is 6.26. The molecule has 0 saturated heterocycles. The SMILES string of the molecule is CNCc1ccc(Cl)cc1-c1c(C)c(C)c(C)c(C)c1C. The molecule has 0 unspecified atom stereocenters. The molecular formula is C19H24ClN. The Morgan fingerprint density at radius 2 is 1.38 bits per heavy atom. The molecule has 0 aromatic heterocycles. The molecule has 1 N–H and O–H groups in total. The van der Waals surface area contributed by atoms with Gasteiger partial charge in [-0.2, -0.15) is 0 Å². The van der Waals surface area contributed by atoms with Crippen molar-refractivity contribution in [2.75, 3.05) is 7.05 Å². The van der Waals surface area contributed by atoms with E-state index < -0.39 is 0 Å². The molecular weight excluding hydrogens is 278 g/mol. The first-order valence-corrected chi connectivity index (χ1v) is 7.76. The van der Waals surface area contributed by atoms with Gasteiger partial charge in [-0.1, -0.05) is 17.7 Å². The van der Waals surface area contributed by atoms with Crippen LogP contribution < -0.4 is 5.32 Å². The number of hydrogen-bond acceptors (Lipinski definition) is 1. The van der Waals surface area contributed by atoms with Gasteiger partial charge in [-0.05, 0) is 98.3 Å². The molecule has 0 amide bonds. The van der Waals surface area contributed by atoms with E-state index in [1.54, 1.807) is 0 Å². The van der Waals surface area contributed by atoms with Crippen molar-refractivity contribution in [1.29, 1.82) is 0 Å². The summed E-state index contributed by atoms with van der Waals surface area (Å²) in [6, 6.07) is 6.19. The number of nitrogens with one attached hydrogen (secondary N) is 1. The Kier molecular flexibility index (Phi) is 4.75. The molecule has 0 saturated carbocycles. The van der Waals surface area contributed by atoms with E-state index >= 15 is 0 Å². The van der Waals surface area contributed by atoms with Crippen LogP contribution in [0.5, 0.6) is 0 Å². The zero-order chi connectivity index (χ0) is 15.7. The van der Waals surface area contributed by atoms with Crippen molar-refractivity contribution in [2.45, 2.75) is 41.2 Å².